The summed E-state index contributed by atoms with van der Waals surface area (Å²) >= 11 is 0. The van der Waals surface area contributed by atoms with Gasteiger partial charge >= 0.3 is 17.9 Å². The first-order chi connectivity index (χ1) is 26.5. The minimum Gasteiger partial charge on any atom is -0.462 e. The number of ether oxygens (including phenoxy) is 3. The van der Waals surface area contributed by atoms with Crippen LogP contribution in [0, 0.1) is 0 Å². The predicted octanol–water partition coefficient (Wildman–Crippen LogP) is 14.6. The zero-order valence-electron chi connectivity index (χ0n) is 35.7. The lowest BCUT2D eigenvalue weighted by molar-refractivity contribution is -0.167. The molecule has 0 spiro atoms. The normalized spacial score (nSPS) is 12.3. The SMILES string of the molecule is CC/C=C\C/C=C\CCCCCCCC(=O)OC(COC(=O)CCCCCC/C=C\CCCC)COC(=O)CCCCCCCCCCCCCCCC. The fourth-order valence-electron chi connectivity index (χ4n) is 6.40. The van der Waals surface area contributed by atoms with Gasteiger partial charge in [-0.3, -0.25) is 14.4 Å². The monoisotopic (exact) mass is 759 g/mol. The first-order valence-electron chi connectivity index (χ1n) is 23.0. The molecule has 6 nitrogen and oxygen atoms in total. The molecule has 0 N–H and O–H groups in total. The van der Waals surface area contributed by atoms with E-state index in [1.165, 1.54) is 83.5 Å². The first-order valence-corrected chi connectivity index (χ1v) is 23.0. The summed E-state index contributed by atoms with van der Waals surface area (Å²) < 4.78 is 16.7. The molecule has 1 unspecified atom stereocenters. The maximum atomic E-state index is 12.7. The molecule has 0 aromatic heterocycles. The third kappa shape index (κ3) is 40.8. The van der Waals surface area contributed by atoms with Crippen molar-refractivity contribution in [1.82, 2.24) is 0 Å². The van der Waals surface area contributed by atoms with Crippen molar-refractivity contribution in [3.05, 3.63) is 36.5 Å². The van der Waals surface area contributed by atoms with E-state index in [4.69, 9.17) is 14.2 Å². The summed E-state index contributed by atoms with van der Waals surface area (Å²) in [6.07, 6.45) is 48.4. The van der Waals surface area contributed by atoms with E-state index in [-0.39, 0.29) is 31.1 Å². The Bertz CT molecular complexity index is 922. The van der Waals surface area contributed by atoms with E-state index in [9.17, 15) is 14.4 Å². The van der Waals surface area contributed by atoms with Crippen LogP contribution in [-0.4, -0.2) is 37.2 Å². The summed E-state index contributed by atoms with van der Waals surface area (Å²) in [4.78, 5) is 37.7. The van der Waals surface area contributed by atoms with Crippen LogP contribution < -0.4 is 0 Å². The Morgan fingerprint density at radius 2 is 0.741 bits per heavy atom. The molecular weight excluding hydrogens is 673 g/mol. The summed E-state index contributed by atoms with van der Waals surface area (Å²) in [5.41, 5.74) is 0. The van der Waals surface area contributed by atoms with E-state index >= 15 is 0 Å². The molecule has 0 aliphatic rings. The van der Waals surface area contributed by atoms with Crippen LogP contribution in [0.2, 0.25) is 0 Å². The van der Waals surface area contributed by atoms with Crippen molar-refractivity contribution >= 4 is 17.9 Å². The average Bonchev–Trinajstić information content (AvgIpc) is 3.17. The van der Waals surface area contributed by atoms with Crippen molar-refractivity contribution in [2.75, 3.05) is 13.2 Å². The van der Waals surface area contributed by atoms with Crippen molar-refractivity contribution in [2.45, 2.75) is 239 Å². The van der Waals surface area contributed by atoms with Crippen LogP contribution in [0.4, 0.5) is 0 Å². The number of allylic oxidation sites excluding steroid dienone is 6. The Hall–Kier alpha value is -2.37. The summed E-state index contributed by atoms with van der Waals surface area (Å²) in [6.45, 7) is 6.46. The Kier molecular flexibility index (Phi) is 41.5. The Morgan fingerprint density at radius 3 is 1.19 bits per heavy atom. The molecule has 0 radical (unpaired) electrons. The summed E-state index contributed by atoms with van der Waals surface area (Å²) in [7, 11) is 0. The van der Waals surface area contributed by atoms with E-state index in [0.717, 1.165) is 109 Å². The highest BCUT2D eigenvalue weighted by Gasteiger charge is 2.19. The fourth-order valence-corrected chi connectivity index (χ4v) is 6.40. The second-order valence-electron chi connectivity index (χ2n) is 15.3. The summed E-state index contributed by atoms with van der Waals surface area (Å²) in [5.74, 6) is -0.906. The van der Waals surface area contributed by atoms with Crippen molar-refractivity contribution in [3.8, 4) is 0 Å². The number of hydrogen-bond donors (Lipinski definition) is 0. The van der Waals surface area contributed by atoms with Gasteiger partial charge in [0.15, 0.2) is 6.10 Å². The van der Waals surface area contributed by atoms with Crippen LogP contribution in [0.5, 0.6) is 0 Å². The van der Waals surface area contributed by atoms with Gasteiger partial charge in [-0.25, -0.2) is 0 Å². The van der Waals surface area contributed by atoms with Gasteiger partial charge in [0.1, 0.15) is 13.2 Å². The van der Waals surface area contributed by atoms with Crippen molar-refractivity contribution < 1.29 is 28.6 Å². The van der Waals surface area contributed by atoms with Gasteiger partial charge < -0.3 is 14.2 Å². The van der Waals surface area contributed by atoms with Crippen molar-refractivity contribution in [2.24, 2.45) is 0 Å². The molecule has 0 aromatic rings. The minimum atomic E-state index is -0.778. The van der Waals surface area contributed by atoms with Crippen LogP contribution >= 0.6 is 0 Å². The molecule has 0 fully saturated rings. The van der Waals surface area contributed by atoms with Crippen LogP contribution in [0.1, 0.15) is 233 Å². The lowest BCUT2D eigenvalue weighted by Gasteiger charge is -2.18. The first kappa shape index (κ1) is 51.6. The lowest BCUT2D eigenvalue weighted by Crippen LogP contribution is -2.30. The van der Waals surface area contributed by atoms with Crippen LogP contribution in [0.25, 0.3) is 0 Å². The van der Waals surface area contributed by atoms with E-state index in [1.807, 2.05) is 0 Å². The number of hydrogen-bond acceptors (Lipinski definition) is 6. The van der Waals surface area contributed by atoms with E-state index in [1.54, 1.807) is 0 Å². The minimum absolute atomic E-state index is 0.0794. The van der Waals surface area contributed by atoms with E-state index in [0.29, 0.717) is 19.3 Å². The molecule has 314 valence electrons. The molecule has 0 saturated carbocycles. The summed E-state index contributed by atoms with van der Waals surface area (Å²) in [5, 5.41) is 0. The van der Waals surface area contributed by atoms with Gasteiger partial charge in [0, 0.05) is 19.3 Å². The largest absolute Gasteiger partial charge is 0.462 e. The van der Waals surface area contributed by atoms with Gasteiger partial charge in [0.25, 0.3) is 0 Å². The Morgan fingerprint density at radius 1 is 0.389 bits per heavy atom. The Balaban J connectivity index is 4.37. The molecule has 0 aliphatic carbocycles. The molecule has 54 heavy (non-hydrogen) atoms. The number of carbonyl (C=O) groups is 3. The third-order valence-electron chi connectivity index (χ3n) is 9.88. The second-order valence-corrected chi connectivity index (χ2v) is 15.3. The molecule has 0 aromatic carbocycles. The fraction of sp³-hybridized carbons (Fsp3) is 0.812. The number of rotatable bonds is 41. The smallest absolute Gasteiger partial charge is 0.306 e. The topological polar surface area (TPSA) is 78.9 Å². The highest BCUT2D eigenvalue weighted by Crippen LogP contribution is 2.15. The van der Waals surface area contributed by atoms with Crippen molar-refractivity contribution in [3.63, 3.8) is 0 Å². The van der Waals surface area contributed by atoms with Gasteiger partial charge in [-0.1, -0.05) is 186 Å². The lowest BCUT2D eigenvalue weighted by atomic mass is 10.0. The maximum absolute atomic E-state index is 12.7. The molecule has 0 heterocycles. The predicted molar refractivity (Wildman–Crippen MR) is 229 cm³/mol. The number of esters is 3. The van der Waals surface area contributed by atoms with Gasteiger partial charge in [0.05, 0.1) is 0 Å². The van der Waals surface area contributed by atoms with Crippen LogP contribution in [0.15, 0.2) is 36.5 Å². The van der Waals surface area contributed by atoms with Crippen LogP contribution in [-0.2, 0) is 28.6 Å². The molecule has 0 amide bonds. The zero-order valence-corrected chi connectivity index (χ0v) is 35.7. The van der Waals surface area contributed by atoms with Gasteiger partial charge in [0.2, 0.25) is 0 Å². The second kappa shape index (κ2) is 43.4. The zero-order chi connectivity index (χ0) is 39.4. The molecular formula is C48H86O6. The molecule has 0 rings (SSSR count). The maximum Gasteiger partial charge on any atom is 0.306 e. The van der Waals surface area contributed by atoms with E-state index in [2.05, 4.69) is 57.2 Å². The molecule has 0 aliphatic heterocycles. The van der Waals surface area contributed by atoms with Crippen LogP contribution in [0.3, 0.4) is 0 Å². The standard InChI is InChI=1S/C48H86O6/c1-4-7-10-13-16-19-22-24-25-27-29-32-35-38-41-47(50)53-44-45(43-52-46(49)40-37-34-31-28-21-18-15-12-9-6-3)54-48(51)42-39-36-33-30-26-23-20-17-14-11-8-5-2/h8,11,15,17-18,20,45H,4-7,9-10,12-14,16,19,21-44H2,1-3H3/b11-8-,18-15-,20-17-. The highest BCUT2D eigenvalue weighted by molar-refractivity contribution is 5.71. The highest BCUT2D eigenvalue weighted by atomic mass is 16.6. The number of carbonyl (C=O) groups excluding carboxylic acids is 3. The average molecular weight is 759 g/mol. The quantitative estimate of drug-likeness (QED) is 0.0267. The molecule has 0 bridgehead atoms. The number of unbranched alkanes of at least 4 members (excludes halogenated alkanes) is 24. The van der Waals surface area contributed by atoms with Gasteiger partial charge in [-0.15, -0.1) is 0 Å². The summed E-state index contributed by atoms with van der Waals surface area (Å²) in [6, 6.07) is 0. The molecule has 0 saturated heterocycles. The van der Waals surface area contributed by atoms with Crippen molar-refractivity contribution in [1.29, 1.82) is 0 Å². The van der Waals surface area contributed by atoms with Gasteiger partial charge in [-0.2, -0.15) is 0 Å². The third-order valence-corrected chi connectivity index (χ3v) is 9.88. The van der Waals surface area contributed by atoms with E-state index < -0.39 is 6.10 Å². The van der Waals surface area contributed by atoms with Gasteiger partial charge in [-0.05, 0) is 64.2 Å². The molecule has 6 heteroatoms. The molecule has 1 atom stereocenters. The Labute approximate surface area is 334 Å².